The number of hydrogen-bond donors (Lipinski definition) is 0. The Balaban J connectivity index is 2.02. The van der Waals surface area contributed by atoms with Crippen LogP contribution in [0.2, 0.25) is 0 Å². The van der Waals surface area contributed by atoms with E-state index in [1.165, 1.54) is 0 Å². The van der Waals surface area contributed by atoms with E-state index < -0.39 is 0 Å². The first-order valence-electron chi connectivity index (χ1n) is 10.2. The normalized spacial score (nSPS) is 13.4. The Bertz CT molecular complexity index is 1060. The Kier molecular flexibility index (Phi) is 4.77. The van der Waals surface area contributed by atoms with Gasteiger partial charge >= 0.3 is 0 Å². The summed E-state index contributed by atoms with van der Waals surface area (Å²) in [6.45, 7) is 11.1. The van der Waals surface area contributed by atoms with Crippen molar-refractivity contribution in [1.29, 1.82) is 0 Å². The zero-order valence-corrected chi connectivity index (χ0v) is 17.8. The lowest BCUT2D eigenvalue weighted by Gasteiger charge is -2.30. The largest absolute Gasteiger partial charge is 0.307 e. The van der Waals surface area contributed by atoms with Gasteiger partial charge in [0.25, 0.3) is 0 Å². The number of hydrogen-bond acceptors (Lipinski definition) is 3. The first-order valence-corrected chi connectivity index (χ1v) is 10.2. The van der Waals surface area contributed by atoms with Crippen LogP contribution in [0.4, 0.5) is 5.69 Å². The molecule has 0 bridgehead atoms. The molecule has 0 spiro atoms. The molecule has 0 unspecified atom stereocenters. The summed E-state index contributed by atoms with van der Waals surface area (Å²) in [6, 6.07) is 16.3. The Morgan fingerprint density at radius 3 is 2.38 bits per heavy atom. The highest BCUT2D eigenvalue weighted by atomic mass is 16.2. The molecule has 2 heterocycles. The van der Waals surface area contributed by atoms with Gasteiger partial charge in [-0.2, -0.15) is 0 Å². The summed E-state index contributed by atoms with van der Waals surface area (Å²) >= 11 is 0. The van der Waals surface area contributed by atoms with Crippen molar-refractivity contribution in [1.82, 2.24) is 15.0 Å². The highest BCUT2D eigenvalue weighted by Crippen LogP contribution is 2.42. The van der Waals surface area contributed by atoms with Gasteiger partial charge in [-0.3, -0.25) is 4.79 Å². The van der Waals surface area contributed by atoms with Gasteiger partial charge in [-0.25, -0.2) is 4.68 Å². The number of benzene rings is 2. The summed E-state index contributed by atoms with van der Waals surface area (Å²) in [5, 5.41) is 9.13. The second kappa shape index (κ2) is 7.14. The van der Waals surface area contributed by atoms with Gasteiger partial charge in [0.15, 0.2) is 0 Å². The van der Waals surface area contributed by atoms with E-state index in [1.807, 2.05) is 46.0 Å². The van der Waals surface area contributed by atoms with E-state index in [0.29, 0.717) is 18.9 Å². The average Bonchev–Trinajstić information content (AvgIpc) is 3.09. The number of para-hydroxylation sites is 1. The highest BCUT2D eigenvalue weighted by molar-refractivity contribution is 6.00. The maximum atomic E-state index is 13.2. The lowest BCUT2D eigenvalue weighted by molar-refractivity contribution is -0.119. The summed E-state index contributed by atoms with van der Waals surface area (Å²) in [4.78, 5) is 15.1. The van der Waals surface area contributed by atoms with Crippen LogP contribution in [0.25, 0.3) is 22.5 Å². The van der Waals surface area contributed by atoms with Gasteiger partial charge in [-0.1, -0.05) is 61.5 Å². The summed E-state index contributed by atoms with van der Waals surface area (Å²) in [7, 11) is 0. The molecule has 0 radical (unpaired) electrons. The third-order valence-electron chi connectivity index (χ3n) is 5.24. The van der Waals surface area contributed by atoms with Crippen LogP contribution in [0.15, 0.2) is 48.5 Å². The number of amides is 1. The standard InChI is InChI=1S/C24H28N4O/c1-16(2)14-21(29)27-15-17-10-6-7-11-18(17)23-22(19-12-8-9-13-20(19)27)25-26-28(23)24(3,4)5/h6-13,16H,14-15H2,1-5H3. The highest BCUT2D eigenvalue weighted by Gasteiger charge is 2.31. The van der Waals surface area contributed by atoms with E-state index in [0.717, 1.165) is 33.8 Å². The molecular weight excluding hydrogens is 360 g/mol. The maximum Gasteiger partial charge on any atom is 0.227 e. The predicted octanol–water partition coefficient (Wildman–Crippen LogP) is 5.26. The molecule has 0 saturated heterocycles. The molecule has 0 N–H and O–H groups in total. The number of carbonyl (C=O) groups excluding carboxylic acids is 1. The molecule has 5 nitrogen and oxygen atoms in total. The molecule has 0 atom stereocenters. The van der Waals surface area contributed by atoms with Crippen LogP contribution in [-0.2, 0) is 16.9 Å². The minimum absolute atomic E-state index is 0.133. The second-order valence-corrected chi connectivity index (χ2v) is 9.12. The summed E-state index contributed by atoms with van der Waals surface area (Å²) in [5.41, 5.74) is 5.66. The van der Waals surface area contributed by atoms with Gasteiger partial charge in [0, 0.05) is 17.5 Å². The van der Waals surface area contributed by atoms with Crippen LogP contribution in [0.3, 0.4) is 0 Å². The number of aromatic nitrogens is 3. The summed E-state index contributed by atoms with van der Waals surface area (Å²) < 4.78 is 2.00. The van der Waals surface area contributed by atoms with Crippen LogP contribution >= 0.6 is 0 Å². The van der Waals surface area contributed by atoms with Crippen LogP contribution in [-0.4, -0.2) is 20.9 Å². The number of rotatable bonds is 2. The van der Waals surface area contributed by atoms with E-state index in [2.05, 4.69) is 57.1 Å². The number of fused-ring (bicyclic) bond motifs is 5. The van der Waals surface area contributed by atoms with Gasteiger partial charge in [-0.05, 0) is 38.3 Å². The summed E-state index contributed by atoms with van der Waals surface area (Å²) in [6.07, 6.45) is 0.512. The van der Waals surface area contributed by atoms with Gasteiger partial charge in [0.1, 0.15) is 5.69 Å². The number of carbonyl (C=O) groups is 1. The minimum atomic E-state index is -0.213. The van der Waals surface area contributed by atoms with Gasteiger partial charge < -0.3 is 4.90 Å². The Morgan fingerprint density at radius 2 is 1.69 bits per heavy atom. The molecule has 1 amide bonds. The van der Waals surface area contributed by atoms with Crippen molar-refractivity contribution in [2.45, 2.75) is 53.1 Å². The van der Waals surface area contributed by atoms with Crippen molar-refractivity contribution in [3.05, 3.63) is 54.1 Å². The van der Waals surface area contributed by atoms with Gasteiger partial charge in [0.05, 0.1) is 23.5 Å². The van der Waals surface area contributed by atoms with Crippen LogP contribution in [0.1, 0.15) is 46.6 Å². The number of nitrogens with zero attached hydrogens (tertiary/aromatic N) is 4. The Labute approximate surface area is 172 Å². The zero-order valence-electron chi connectivity index (χ0n) is 17.8. The molecule has 29 heavy (non-hydrogen) atoms. The second-order valence-electron chi connectivity index (χ2n) is 9.12. The SMILES string of the molecule is CC(C)CC(=O)N1Cc2ccccc2-c2c(nnn2C(C)(C)C)-c2ccccc21. The van der Waals surface area contributed by atoms with Crippen LogP contribution in [0, 0.1) is 5.92 Å². The van der Waals surface area contributed by atoms with Crippen molar-refractivity contribution >= 4 is 11.6 Å². The quantitative estimate of drug-likeness (QED) is 0.602. The minimum Gasteiger partial charge on any atom is -0.307 e. The third kappa shape index (κ3) is 3.46. The smallest absolute Gasteiger partial charge is 0.227 e. The van der Waals surface area contributed by atoms with Gasteiger partial charge in [0.2, 0.25) is 5.91 Å². The molecule has 5 heteroatoms. The molecule has 150 valence electrons. The molecule has 0 saturated carbocycles. The van der Waals surface area contributed by atoms with Crippen LogP contribution in [0.5, 0.6) is 0 Å². The molecule has 4 rings (SSSR count). The van der Waals surface area contributed by atoms with Crippen molar-refractivity contribution in [3.8, 4) is 22.5 Å². The zero-order chi connectivity index (χ0) is 20.8. The number of anilines is 1. The predicted molar refractivity (Wildman–Crippen MR) is 117 cm³/mol. The van der Waals surface area contributed by atoms with E-state index in [1.54, 1.807) is 0 Å². The van der Waals surface area contributed by atoms with Gasteiger partial charge in [-0.15, -0.1) is 5.10 Å². The molecule has 1 aliphatic heterocycles. The Hall–Kier alpha value is -2.95. The van der Waals surface area contributed by atoms with Crippen molar-refractivity contribution in [2.75, 3.05) is 4.90 Å². The first kappa shape index (κ1) is 19.4. The van der Waals surface area contributed by atoms with Crippen molar-refractivity contribution in [2.24, 2.45) is 5.92 Å². The van der Waals surface area contributed by atoms with Crippen LogP contribution < -0.4 is 4.90 Å². The first-order chi connectivity index (χ1) is 13.8. The molecular formula is C24H28N4O. The fourth-order valence-electron chi connectivity index (χ4n) is 3.91. The van der Waals surface area contributed by atoms with Crippen molar-refractivity contribution in [3.63, 3.8) is 0 Å². The molecule has 3 aromatic rings. The molecule has 1 aliphatic rings. The van der Waals surface area contributed by atoms with E-state index in [9.17, 15) is 4.79 Å². The fourth-order valence-corrected chi connectivity index (χ4v) is 3.91. The topological polar surface area (TPSA) is 51.0 Å². The Morgan fingerprint density at radius 1 is 1.03 bits per heavy atom. The maximum absolute atomic E-state index is 13.2. The molecule has 2 aromatic carbocycles. The lowest BCUT2D eigenvalue weighted by Crippen LogP contribution is -2.32. The van der Waals surface area contributed by atoms with Crippen molar-refractivity contribution < 1.29 is 4.79 Å². The third-order valence-corrected chi connectivity index (χ3v) is 5.24. The van der Waals surface area contributed by atoms with E-state index in [4.69, 9.17) is 0 Å². The summed E-state index contributed by atoms with van der Waals surface area (Å²) in [5.74, 6) is 0.432. The molecule has 0 fully saturated rings. The average molecular weight is 389 g/mol. The fraction of sp³-hybridized carbons (Fsp3) is 0.375. The lowest BCUT2D eigenvalue weighted by atomic mass is 9.94. The molecule has 0 aliphatic carbocycles. The van der Waals surface area contributed by atoms with E-state index >= 15 is 0 Å². The monoisotopic (exact) mass is 388 g/mol. The molecule has 1 aromatic heterocycles. The van der Waals surface area contributed by atoms with E-state index in [-0.39, 0.29) is 11.4 Å².